The van der Waals surface area contributed by atoms with Crippen molar-refractivity contribution < 1.29 is 14.3 Å². The van der Waals surface area contributed by atoms with E-state index in [0.717, 1.165) is 17.1 Å². The first-order chi connectivity index (χ1) is 10.2. The molecule has 0 radical (unpaired) electrons. The molecule has 2 aromatic rings. The van der Waals surface area contributed by atoms with Crippen molar-refractivity contribution in [2.75, 3.05) is 13.7 Å². The van der Waals surface area contributed by atoms with E-state index in [2.05, 4.69) is 0 Å². The Morgan fingerprint density at radius 1 is 1.10 bits per heavy atom. The van der Waals surface area contributed by atoms with E-state index < -0.39 is 0 Å². The van der Waals surface area contributed by atoms with Crippen molar-refractivity contribution in [3.8, 4) is 11.5 Å². The van der Waals surface area contributed by atoms with Gasteiger partial charge >= 0.3 is 0 Å². The van der Waals surface area contributed by atoms with Crippen LogP contribution in [0.15, 0.2) is 54.6 Å². The first-order valence-corrected chi connectivity index (χ1v) is 6.83. The van der Waals surface area contributed by atoms with Gasteiger partial charge in [0, 0.05) is 11.1 Å². The Morgan fingerprint density at radius 2 is 1.81 bits per heavy atom. The monoisotopic (exact) mass is 282 g/mol. The Balaban J connectivity index is 2.14. The molecule has 0 bridgehead atoms. The van der Waals surface area contributed by atoms with Crippen molar-refractivity contribution in [2.24, 2.45) is 0 Å². The van der Waals surface area contributed by atoms with Gasteiger partial charge in [0.2, 0.25) is 0 Å². The molecule has 0 unspecified atom stereocenters. The first kappa shape index (κ1) is 14.9. The zero-order valence-corrected chi connectivity index (χ0v) is 12.2. The molecule has 0 aliphatic heterocycles. The fourth-order valence-electron chi connectivity index (χ4n) is 1.92. The Bertz CT molecular complexity index is 627. The van der Waals surface area contributed by atoms with Crippen LogP contribution in [0.4, 0.5) is 0 Å². The van der Waals surface area contributed by atoms with Gasteiger partial charge in [0.1, 0.15) is 11.5 Å². The minimum absolute atomic E-state index is 0.0519. The molecule has 0 N–H and O–H groups in total. The highest BCUT2D eigenvalue weighted by Gasteiger charge is 2.03. The summed E-state index contributed by atoms with van der Waals surface area (Å²) in [5.41, 5.74) is 1.52. The van der Waals surface area contributed by atoms with Gasteiger partial charge in [-0.3, -0.25) is 4.79 Å². The molecule has 21 heavy (non-hydrogen) atoms. The molecule has 0 aromatic heterocycles. The highest BCUT2D eigenvalue weighted by molar-refractivity contribution is 6.07. The second-order valence-electron chi connectivity index (χ2n) is 4.40. The number of benzene rings is 2. The highest BCUT2D eigenvalue weighted by Crippen LogP contribution is 2.20. The van der Waals surface area contributed by atoms with Gasteiger partial charge in [-0.25, -0.2) is 0 Å². The molecule has 0 saturated heterocycles. The molecular formula is C18H18O3. The number of rotatable bonds is 6. The Labute approximate surface area is 124 Å². The summed E-state index contributed by atoms with van der Waals surface area (Å²) in [7, 11) is 1.60. The van der Waals surface area contributed by atoms with Crippen LogP contribution in [-0.4, -0.2) is 19.5 Å². The van der Waals surface area contributed by atoms with Crippen LogP contribution < -0.4 is 9.47 Å². The maximum Gasteiger partial charge on any atom is 0.185 e. The number of allylic oxidation sites excluding steroid dienone is 1. The van der Waals surface area contributed by atoms with E-state index in [0.29, 0.717) is 12.2 Å². The standard InChI is InChI=1S/C18H18O3/c1-3-21-18-7-5-4-6-15(18)10-13-17(19)14-8-11-16(20-2)12-9-14/h4-13H,3H2,1-2H3. The predicted molar refractivity (Wildman–Crippen MR) is 84.0 cm³/mol. The molecule has 2 aromatic carbocycles. The van der Waals surface area contributed by atoms with E-state index >= 15 is 0 Å². The number of carbonyl (C=O) groups is 1. The van der Waals surface area contributed by atoms with Crippen LogP contribution in [0.3, 0.4) is 0 Å². The average molecular weight is 282 g/mol. The summed E-state index contributed by atoms with van der Waals surface area (Å²) in [6, 6.07) is 14.7. The van der Waals surface area contributed by atoms with Crippen molar-refractivity contribution in [3.63, 3.8) is 0 Å². The lowest BCUT2D eigenvalue weighted by molar-refractivity contribution is 0.104. The zero-order chi connectivity index (χ0) is 15.1. The molecule has 0 amide bonds. The fourth-order valence-corrected chi connectivity index (χ4v) is 1.92. The van der Waals surface area contributed by atoms with E-state index in [4.69, 9.17) is 9.47 Å². The van der Waals surface area contributed by atoms with Crippen molar-refractivity contribution >= 4 is 11.9 Å². The smallest absolute Gasteiger partial charge is 0.185 e. The lowest BCUT2D eigenvalue weighted by Crippen LogP contribution is -1.96. The van der Waals surface area contributed by atoms with E-state index in [1.54, 1.807) is 43.5 Å². The summed E-state index contributed by atoms with van der Waals surface area (Å²) < 4.78 is 10.6. The summed E-state index contributed by atoms with van der Waals surface area (Å²) >= 11 is 0. The van der Waals surface area contributed by atoms with Gasteiger partial charge in [-0.2, -0.15) is 0 Å². The van der Waals surface area contributed by atoms with Crippen molar-refractivity contribution in [2.45, 2.75) is 6.92 Å². The van der Waals surface area contributed by atoms with Crippen molar-refractivity contribution in [1.29, 1.82) is 0 Å². The van der Waals surface area contributed by atoms with Crippen molar-refractivity contribution in [1.82, 2.24) is 0 Å². The molecule has 108 valence electrons. The largest absolute Gasteiger partial charge is 0.497 e. The molecule has 0 atom stereocenters. The van der Waals surface area contributed by atoms with Crippen LogP contribution >= 0.6 is 0 Å². The molecule has 0 saturated carbocycles. The molecular weight excluding hydrogens is 264 g/mol. The number of ketones is 1. The third-order valence-electron chi connectivity index (χ3n) is 3.01. The number of carbonyl (C=O) groups excluding carboxylic acids is 1. The summed E-state index contributed by atoms with van der Waals surface area (Å²) in [5, 5.41) is 0. The quantitative estimate of drug-likeness (QED) is 0.593. The predicted octanol–water partition coefficient (Wildman–Crippen LogP) is 3.99. The molecule has 3 heteroatoms. The fraction of sp³-hybridized carbons (Fsp3) is 0.167. The molecule has 0 heterocycles. The summed E-state index contributed by atoms with van der Waals surface area (Å²) in [6.45, 7) is 2.53. The molecule has 2 rings (SSSR count). The van der Waals surface area contributed by atoms with E-state index in [-0.39, 0.29) is 5.78 Å². The van der Waals surface area contributed by atoms with Gasteiger partial charge in [0.15, 0.2) is 5.78 Å². The van der Waals surface area contributed by atoms with Gasteiger partial charge in [-0.15, -0.1) is 0 Å². The Hall–Kier alpha value is -2.55. The van der Waals surface area contributed by atoms with Gasteiger partial charge in [-0.1, -0.05) is 18.2 Å². The molecule has 0 aliphatic carbocycles. The van der Waals surface area contributed by atoms with Gasteiger partial charge in [0.05, 0.1) is 13.7 Å². The van der Waals surface area contributed by atoms with Gasteiger partial charge < -0.3 is 9.47 Å². The minimum atomic E-state index is -0.0519. The lowest BCUT2D eigenvalue weighted by Gasteiger charge is -2.06. The maximum atomic E-state index is 12.1. The molecule has 0 spiro atoms. The van der Waals surface area contributed by atoms with Crippen LogP contribution in [0.25, 0.3) is 6.08 Å². The lowest BCUT2D eigenvalue weighted by atomic mass is 10.1. The summed E-state index contributed by atoms with van der Waals surface area (Å²) in [4.78, 5) is 12.1. The second kappa shape index (κ2) is 7.29. The van der Waals surface area contributed by atoms with Crippen LogP contribution in [0.1, 0.15) is 22.8 Å². The first-order valence-electron chi connectivity index (χ1n) is 6.83. The number of hydrogen-bond acceptors (Lipinski definition) is 3. The van der Waals surface area contributed by atoms with Gasteiger partial charge in [0.25, 0.3) is 0 Å². The van der Waals surface area contributed by atoms with Crippen LogP contribution in [0.2, 0.25) is 0 Å². The normalized spacial score (nSPS) is 10.6. The zero-order valence-electron chi connectivity index (χ0n) is 12.2. The van der Waals surface area contributed by atoms with Crippen LogP contribution in [-0.2, 0) is 0 Å². The third kappa shape index (κ3) is 3.96. The van der Waals surface area contributed by atoms with Gasteiger partial charge in [-0.05, 0) is 49.4 Å². The molecule has 3 nitrogen and oxygen atoms in total. The Morgan fingerprint density at radius 3 is 2.48 bits per heavy atom. The van der Waals surface area contributed by atoms with Crippen molar-refractivity contribution in [3.05, 3.63) is 65.7 Å². The Kier molecular flexibility index (Phi) is 5.16. The van der Waals surface area contributed by atoms with Crippen LogP contribution in [0.5, 0.6) is 11.5 Å². The third-order valence-corrected chi connectivity index (χ3v) is 3.01. The van der Waals surface area contributed by atoms with E-state index in [1.807, 2.05) is 31.2 Å². The molecule has 0 fully saturated rings. The maximum absolute atomic E-state index is 12.1. The number of methoxy groups -OCH3 is 1. The van der Waals surface area contributed by atoms with E-state index in [1.165, 1.54) is 0 Å². The number of para-hydroxylation sites is 1. The average Bonchev–Trinajstić information content (AvgIpc) is 2.54. The highest BCUT2D eigenvalue weighted by atomic mass is 16.5. The SMILES string of the molecule is CCOc1ccccc1C=CC(=O)c1ccc(OC)cc1. The van der Waals surface area contributed by atoms with E-state index in [9.17, 15) is 4.79 Å². The summed E-state index contributed by atoms with van der Waals surface area (Å²) in [5.74, 6) is 1.46. The number of hydrogen-bond donors (Lipinski definition) is 0. The second-order valence-corrected chi connectivity index (χ2v) is 4.40. The molecule has 0 aliphatic rings. The minimum Gasteiger partial charge on any atom is -0.497 e. The number of ether oxygens (including phenoxy) is 2. The van der Waals surface area contributed by atoms with Crippen LogP contribution in [0, 0.1) is 0 Å². The topological polar surface area (TPSA) is 35.5 Å². The summed E-state index contributed by atoms with van der Waals surface area (Å²) in [6.07, 6.45) is 3.33.